The first-order valence-corrected chi connectivity index (χ1v) is 6.35. The number of carbonyl (C=O) groups is 1. The van der Waals surface area contributed by atoms with Crippen molar-refractivity contribution >= 4 is 11.7 Å². The van der Waals surface area contributed by atoms with Crippen molar-refractivity contribution in [3.8, 4) is 0 Å². The third kappa shape index (κ3) is 3.01. The van der Waals surface area contributed by atoms with E-state index < -0.39 is 0 Å². The summed E-state index contributed by atoms with van der Waals surface area (Å²) in [6.07, 6.45) is 3.58. The zero-order valence-corrected chi connectivity index (χ0v) is 11.4. The van der Waals surface area contributed by atoms with Crippen molar-refractivity contribution < 1.29 is 9.32 Å². The lowest BCUT2D eigenvalue weighted by Gasteiger charge is -2.04. The summed E-state index contributed by atoms with van der Waals surface area (Å²) in [6, 6.07) is 0. The molecule has 0 bridgehead atoms. The number of amides is 1. The summed E-state index contributed by atoms with van der Waals surface area (Å²) in [7, 11) is 0. The smallest absolute Gasteiger partial charge is 0.225 e. The second-order valence-electron chi connectivity index (χ2n) is 4.47. The second-order valence-corrected chi connectivity index (χ2v) is 4.47. The highest BCUT2D eigenvalue weighted by Gasteiger charge is 2.12. The summed E-state index contributed by atoms with van der Waals surface area (Å²) in [5, 5.41) is 13.4. The van der Waals surface area contributed by atoms with Crippen molar-refractivity contribution in [3.63, 3.8) is 0 Å². The lowest BCUT2D eigenvalue weighted by Crippen LogP contribution is -2.14. The zero-order chi connectivity index (χ0) is 13.8. The average Bonchev–Trinajstić information content (AvgIpc) is 2.95. The van der Waals surface area contributed by atoms with Gasteiger partial charge in [-0.15, -0.1) is 0 Å². The molecule has 2 aromatic heterocycles. The van der Waals surface area contributed by atoms with E-state index in [0.29, 0.717) is 18.7 Å². The molecule has 0 fully saturated rings. The molecule has 2 aromatic rings. The van der Waals surface area contributed by atoms with Crippen molar-refractivity contribution in [2.45, 2.75) is 40.0 Å². The molecule has 0 aliphatic carbocycles. The molecule has 0 saturated heterocycles. The Labute approximate surface area is 111 Å². The zero-order valence-electron chi connectivity index (χ0n) is 11.4. The molecule has 0 aliphatic rings. The minimum atomic E-state index is -0.0426. The van der Waals surface area contributed by atoms with Gasteiger partial charge in [-0.3, -0.25) is 9.89 Å². The number of H-pyrrole nitrogens is 1. The summed E-state index contributed by atoms with van der Waals surface area (Å²) in [4.78, 5) is 11.9. The molecule has 0 aromatic carbocycles. The van der Waals surface area contributed by atoms with Crippen LogP contribution in [0.4, 0.5) is 5.82 Å². The molecule has 0 radical (unpaired) electrons. The molecule has 6 heteroatoms. The molecule has 19 heavy (non-hydrogen) atoms. The van der Waals surface area contributed by atoms with E-state index in [2.05, 4.69) is 20.7 Å². The molecule has 6 nitrogen and oxygen atoms in total. The Morgan fingerprint density at radius 2 is 2.26 bits per heavy atom. The Balaban J connectivity index is 1.92. The number of nitrogens with one attached hydrogen (secondary N) is 2. The molecule has 0 atom stereocenters. The highest BCUT2D eigenvalue weighted by atomic mass is 16.5. The van der Waals surface area contributed by atoms with E-state index in [1.54, 1.807) is 6.20 Å². The molecule has 0 spiro atoms. The van der Waals surface area contributed by atoms with Crippen LogP contribution in [0.1, 0.15) is 35.9 Å². The van der Waals surface area contributed by atoms with Gasteiger partial charge in [-0.2, -0.15) is 5.10 Å². The van der Waals surface area contributed by atoms with Crippen molar-refractivity contribution in [1.29, 1.82) is 0 Å². The van der Waals surface area contributed by atoms with Crippen LogP contribution >= 0.6 is 0 Å². The van der Waals surface area contributed by atoms with Crippen LogP contribution in [-0.4, -0.2) is 21.3 Å². The average molecular weight is 262 g/mol. The minimum Gasteiger partial charge on any atom is -0.361 e. The van der Waals surface area contributed by atoms with Crippen LogP contribution in [0, 0.1) is 13.8 Å². The lowest BCUT2D eigenvalue weighted by atomic mass is 10.1. The topological polar surface area (TPSA) is 83.8 Å². The molecule has 2 N–H and O–H groups in total. The predicted molar refractivity (Wildman–Crippen MR) is 70.9 cm³/mol. The van der Waals surface area contributed by atoms with Gasteiger partial charge in [-0.25, -0.2) is 0 Å². The van der Waals surface area contributed by atoms with E-state index in [0.717, 1.165) is 29.0 Å². The van der Waals surface area contributed by atoms with Crippen molar-refractivity contribution in [1.82, 2.24) is 15.4 Å². The third-order valence-corrected chi connectivity index (χ3v) is 3.15. The Kier molecular flexibility index (Phi) is 3.99. The maximum absolute atomic E-state index is 11.9. The standard InChI is InChI=1S/C13H18N4O2/c1-4-10-7-14-16-13(10)15-12(18)6-5-11-8(2)17-19-9(11)3/h7H,4-6H2,1-3H3,(H2,14,15,16,18). The summed E-state index contributed by atoms with van der Waals surface area (Å²) in [5.41, 5.74) is 2.86. The quantitative estimate of drug-likeness (QED) is 0.864. The molecule has 0 unspecified atom stereocenters. The van der Waals surface area contributed by atoms with Gasteiger partial charge in [0.2, 0.25) is 5.91 Å². The van der Waals surface area contributed by atoms with Crippen LogP contribution in [-0.2, 0) is 17.6 Å². The Bertz CT molecular complexity index is 551. The van der Waals surface area contributed by atoms with Crippen LogP contribution < -0.4 is 5.32 Å². The molecule has 1 amide bonds. The van der Waals surface area contributed by atoms with Crippen molar-refractivity contribution in [2.75, 3.05) is 5.32 Å². The summed E-state index contributed by atoms with van der Waals surface area (Å²) in [6.45, 7) is 5.76. The number of hydrogen-bond donors (Lipinski definition) is 2. The number of aromatic amines is 1. The summed E-state index contributed by atoms with van der Waals surface area (Å²) in [5.74, 6) is 1.42. The fourth-order valence-electron chi connectivity index (χ4n) is 1.99. The van der Waals surface area contributed by atoms with Gasteiger partial charge in [0, 0.05) is 17.5 Å². The highest BCUT2D eigenvalue weighted by molar-refractivity contribution is 5.90. The van der Waals surface area contributed by atoms with E-state index in [1.807, 2.05) is 20.8 Å². The molecule has 2 heterocycles. The maximum Gasteiger partial charge on any atom is 0.225 e. The van der Waals surface area contributed by atoms with Gasteiger partial charge in [0.15, 0.2) is 0 Å². The lowest BCUT2D eigenvalue weighted by molar-refractivity contribution is -0.116. The van der Waals surface area contributed by atoms with Gasteiger partial charge in [0.05, 0.1) is 11.9 Å². The normalized spacial score (nSPS) is 10.7. The maximum atomic E-state index is 11.9. The minimum absolute atomic E-state index is 0.0426. The first kappa shape index (κ1) is 13.3. The number of anilines is 1. The summed E-state index contributed by atoms with van der Waals surface area (Å²) >= 11 is 0. The van der Waals surface area contributed by atoms with Crippen LogP contribution in [0.15, 0.2) is 10.7 Å². The monoisotopic (exact) mass is 262 g/mol. The second kappa shape index (κ2) is 5.69. The number of rotatable bonds is 5. The predicted octanol–water partition coefficient (Wildman–Crippen LogP) is 2.15. The first-order chi connectivity index (χ1) is 9.11. The molecular weight excluding hydrogens is 244 g/mol. The SMILES string of the molecule is CCc1cn[nH]c1NC(=O)CCc1c(C)noc1C. The largest absolute Gasteiger partial charge is 0.361 e. The van der Waals surface area contributed by atoms with Crippen LogP contribution in [0.2, 0.25) is 0 Å². The molecular formula is C13H18N4O2. The Hall–Kier alpha value is -2.11. The number of hydrogen-bond acceptors (Lipinski definition) is 4. The van der Waals surface area contributed by atoms with Gasteiger partial charge >= 0.3 is 0 Å². The van der Waals surface area contributed by atoms with Crippen LogP contribution in [0.3, 0.4) is 0 Å². The van der Waals surface area contributed by atoms with Gasteiger partial charge in [0.25, 0.3) is 0 Å². The van der Waals surface area contributed by atoms with E-state index >= 15 is 0 Å². The Morgan fingerprint density at radius 1 is 1.47 bits per heavy atom. The van der Waals surface area contributed by atoms with Gasteiger partial charge in [-0.05, 0) is 26.7 Å². The van der Waals surface area contributed by atoms with E-state index in [9.17, 15) is 4.79 Å². The van der Waals surface area contributed by atoms with Crippen molar-refractivity contribution in [3.05, 3.63) is 28.8 Å². The van der Waals surface area contributed by atoms with E-state index in [4.69, 9.17) is 4.52 Å². The fraction of sp³-hybridized carbons (Fsp3) is 0.462. The summed E-state index contributed by atoms with van der Waals surface area (Å²) < 4.78 is 5.07. The molecule has 0 saturated carbocycles. The Morgan fingerprint density at radius 3 is 2.89 bits per heavy atom. The molecule has 2 rings (SSSR count). The van der Waals surface area contributed by atoms with Crippen molar-refractivity contribution in [2.24, 2.45) is 0 Å². The van der Waals surface area contributed by atoms with Gasteiger partial charge in [-0.1, -0.05) is 12.1 Å². The fourth-order valence-corrected chi connectivity index (χ4v) is 1.99. The number of carbonyl (C=O) groups excluding carboxylic acids is 1. The molecule has 102 valence electrons. The number of nitrogens with zero attached hydrogens (tertiary/aromatic N) is 2. The number of aromatic nitrogens is 3. The van der Waals surface area contributed by atoms with Crippen LogP contribution in [0.25, 0.3) is 0 Å². The first-order valence-electron chi connectivity index (χ1n) is 6.35. The van der Waals surface area contributed by atoms with Crippen LogP contribution in [0.5, 0.6) is 0 Å². The van der Waals surface area contributed by atoms with Gasteiger partial charge in [0.1, 0.15) is 11.6 Å². The third-order valence-electron chi connectivity index (χ3n) is 3.15. The highest BCUT2D eigenvalue weighted by Crippen LogP contribution is 2.16. The van der Waals surface area contributed by atoms with E-state index in [1.165, 1.54) is 0 Å². The van der Waals surface area contributed by atoms with Gasteiger partial charge < -0.3 is 9.84 Å². The van der Waals surface area contributed by atoms with E-state index in [-0.39, 0.29) is 5.91 Å². The molecule has 0 aliphatic heterocycles. The number of aryl methyl sites for hydroxylation is 3.